The average molecular weight is 289 g/mol. The number of sulfonamides is 1. The largest absolute Gasteiger partial charge is 0.380 e. The first-order valence-corrected chi connectivity index (χ1v) is 7.53. The Balaban J connectivity index is 2.81. The third kappa shape index (κ3) is 4.34. The lowest BCUT2D eigenvalue weighted by atomic mass is 10.4. The number of carbonyl (C=O) groups is 1. The van der Waals surface area contributed by atoms with Crippen molar-refractivity contribution in [1.29, 1.82) is 0 Å². The molecule has 0 atom stereocenters. The van der Waals surface area contributed by atoms with Gasteiger partial charge in [0.05, 0.1) is 6.61 Å². The zero-order valence-electron chi connectivity index (χ0n) is 11.0. The summed E-state index contributed by atoms with van der Waals surface area (Å²) in [7, 11) is -3.80. The molecular formula is C11H19N3O4S. The Morgan fingerprint density at radius 1 is 1.47 bits per heavy atom. The number of hydrogen-bond acceptors (Lipinski definition) is 4. The van der Waals surface area contributed by atoms with E-state index >= 15 is 0 Å². The van der Waals surface area contributed by atoms with Crippen molar-refractivity contribution in [1.82, 2.24) is 9.88 Å². The van der Waals surface area contributed by atoms with Crippen LogP contribution in [0.25, 0.3) is 0 Å². The molecule has 0 saturated heterocycles. The second-order valence-electron chi connectivity index (χ2n) is 3.84. The van der Waals surface area contributed by atoms with Gasteiger partial charge in [-0.15, -0.1) is 0 Å². The van der Waals surface area contributed by atoms with Gasteiger partial charge in [0.2, 0.25) is 10.0 Å². The predicted molar refractivity (Wildman–Crippen MR) is 70.3 cm³/mol. The van der Waals surface area contributed by atoms with Crippen molar-refractivity contribution in [3.8, 4) is 0 Å². The average Bonchev–Trinajstić information content (AvgIpc) is 2.78. The Morgan fingerprint density at radius 3 is 2.68 bits per heavy atom. The molecule has 0 saturated carbocycles. The summed E-state index contributed by atoms with van der Waals surface area (Å²) in [5.74, 6) is -0.351. The van der Waals surface area contributed by atoms with Gasteiger partial charge in [-0.1, -0.05) is 0 Å². The number of nitrogens with one attached hydrogen (secondary N) is 1. The third-order valence-corrected chi connectivity index (χ3v) is 3.39. The fourth-order valence-corrected chi connectivity index (χ4v) is 2.11. The van der Waals surface area contributed by atoms with E-state index in [1.54, 1.807) is 0 Å². The molecule has 0 aliphatic rings. The van der Waals surface area contributed by atoms with Gasteiger partial charge in [0.15, 0.2) is 0 Å². The summed E-state index contributed by atoms with van der Waals surface area (Å²) >= 11 is 0. The molecule has 0 aliphatic heterocycles. The Bertz CT molecular complexity index is 536. The van der Waals surface area contributed by atoms with E-state index in [9.17, 15) is 13.2 Å². The zero-order valence-corrected chi connectivity index (χ0v) is 11.9. The van der Waals surface area contributed by atoms with Gasteiger partial charge >= 0.3 is 0 Å². The molecule has 0 aromatic carbocycles. The van der Waals surface area contributed by atoms with E-state index in [-0.39, 0.29) is 16.5 Å². The number of aryl methyl sites for hydroxylation is 1. The smallest absolute Gasteiger partial charge is 0.268 e. The van der Waals surface area contributed by atoms with Crippen molar-refractivity contribution in [3.05, 3.63) is 18.0 Å². The molecule has 0 bridgehead atoms. The van der Waals surface area contributed by atoms with E-state index in [0.29, 0.717) is 26.3 Å². The molecule has 0 aliphatic carbocycles. The lowest BCUT2D eigenvalue weighted by Gasteiger charge is -2.07. The third-order valence-electron chi connectivity index (χ3n) is 2.51. The minimum absolute atomic E-state index is 0.0655. The van der Waals surface area contributed by atoms with Crippen molar-refractivity contribution in [2.75, 3.05) is 19.8 Å². The molecule has 0 radical (unpaired) electrons. The maximum atomic E-state index is 11.9. The van der Waals surface area contributed by atoms with E-state index in [2.05, 4.69) is 5.32 Å². The maximum absolute atomic E-state index is 11.9. The SMILES string of the molecule is CCOCCNC(=O)c1cc(S(N)(=O)=O)cn1CC. The number of carbonyl (C=O) groups excluding carboxylic acids is 1. The van der Waals surface area contributed by atoms with Crippen LogP contribution in [0.2, 0.25) is 0 Å². The van der Waals surface area contributed by atoms with Crippen LogP contribution in [-0.4, -0.2) is 38.7 Å². The maximum Gasteiger partial charge on any atom is 0.268 e. The lowest BCUT2D eigenvalue weighted by molar-refractivity contribution is 0.0913. The van der Waals surface area contributed by atoms with Gasteiger partial charge in [-0.3, -0.25) is 4.79 Å². The molecule has 1 amide bonds. The van der Waals surface area contributed by atoms with Crippen molar-refractivity contribution < 1.29 is 17.9 Å². The van der Waals surface area contributed by atoms with Crippen LogP contribution in [0.5, 0.6) is 0 Å². The highest BCUT2D eigenvalue weighted by atomic mass is 32.2. The van der Waals surface area contributed by atoms with E-state index < -0.39 is 10.0 Å². The van der Waals surface area contributed by atoms with Crippen molar-refractivity contribution >= 4 is 15.9 Å². The predicted octanol–water partition coefficient (Wildman–Crippen LogP) is -0.0783. The van der Waals surface area contributed by atoms with Crippen LogP contribution >= 0.6 is 0 Å². The first kappa shape index (κ1) is 15.7. The van der Waals surface area contributed by atoms with Gasteiger partial charge in [-0.05, 0) is 19.9 Å². The summed E-state index contributed by atoms with van der Waals surface area (Å²) in [5.41, 5.74) is 0.267. The van der Waals surface area contributed by atoms with Gasteiger partial charge in [0.1, 0.15) is 10.6 Å². The fraction of sp³-hybridized carbons (Fsp3) is 0.545. The molecule has 8 heteroatoms. The summed E-state index contributed by atoms with van der Waals surface area (Å²) in [6, 6.07) is 1.27. The molecule has 19 heavy (non-hydrogen) atoms. The van der Waals surface area contributed by atoms with Crippen LogP contribution < -0.4 is 10.5 Å². The topological polar surface area (TPSA) is 103 Å². The van der Waals surface area contributed by atoms with Gasteiger partial charge < -0.3 is 14.6 Å². The van der Waals surface area contributed by atoms with Gasteiger partial charge in [0.25, 0.3) is 5.91 Å². The van der Waals surface area contributed by atoms with Gasteiger partial charge in [-0.25, -0.2) is 13.6 Å². The van der Waals surface area contributed by atoms with Gasteiger partial charge in [-0.2, -0.15) is 0 Å². The number of primary sulfonamides is 1. The molecule has 108 valence electrons. The number of aromatic nitrogens is 1. The summed E-state index contributed by atoms with van der Waals surface area (Å²) in [4.78, 5) is 11.8. The number of amides is 1. The molecule has 3 N–H and O–H groups in total. The van der Waals surface area contributed by atoms with Crippen LogP contribution in [-0.2, 0) is 21.3 Å². The number of nitrogens with two attached hydrogens (primary N) is 1. The molecular weight excluding hydrogens is 270 g/mol. The molecule has 7 nitrogen and oxygen atoms in total. The Kier molecular flexibility index (Phi) is 5.52. The molecule has 1 rings (SSSR count). The first-order valence-electron chi connectivity index (χ1n) is 5.99. The summed E-state index contributed by atoms with van der Waals surface area (Å²) in [6.07, 6.45) is 1.35. The monoisotopic (exact) mass is 289 g/mol. The number of hydrogen-bond donors (Lipinski definition) is 2. The number of rotatable bonds is 7. The first-order chi connectivity index (χ1) is 8.90. The number of nitrogens with zero attached hydrogens (tertiary/aromatic N) is 1. The summed E-state index contributed by atoms with van der Waals surface area (Å²) in [5, 5.41) is 7.69. The Hall–Kier alpha value is -1.38. The number of ether oxygens (including phenoxy) is 1. The van der Waals surface area contributed by atoms with Crippen LogP contribution in [0, 0.1) is 0 Å². The van der Waals surface area contributed by atoms with Crippen molar-refractivity contribution in [2.24, 2.45) is 5.14 Å². The summed E-state index contributed by atoms with van der Waals surface area (Å²) in [6.45, 7) is 5.51. The van der Waals surface area contributed by atoms with Gasteiger partial charge in [0, 0.05) is 25.9 Å². The molecule has 0 fully saturated rings. The Labute approximate surface area is 112 Å². The van der Waals surface area contributed by atoms with Crippen molar-refractivity contribution in [3.63, 3.8) is 0 Å². The second kappa shape index (κ2) is 6.69. The standard InChI is InChI=1S/C11H19N3O4S/c1-3-14-8-9(19(12,16)17)7-10(14)11(15)13-5-6-18-4-2/h7-8H,3-6H2,1-2H3,(H,13,15)(H2,12,16,17). The summed E-state index contributed by atoms with van der Waals surface area (Å²) < 4.78 is 29.1. The molecule has 1 aromatic rings. The second-order valence-corrected chi connectivity index (χ2v) is 5.41. The van der Waals surface area contributed by atoms with E-state index in [1.165, 1.54) is 16.8 Å². The highest BCUT2D eigenvalue weighted by Crippen LogP contribution is 2.13. The van der Waals surface area contributed by atoms with E-state index in [0.717, 1.165) is 0 Å². The van der Waals surface area contributed by atoms with Crippen LogP contribution in [0.1, 0.15) is 24.3 Å². The van der Waals surface area contributed by atoms with E-state index in [4.69, 9.17) is 9.88 Å². The quantitative estimate of drug-likeness (QED) is 0.685. The highest BCUT2D eigenvalue weighted by molar-refractivity contribution is 7.89. The minimum Gasteiger partial charge on any atom is -0.380 e. The Morgan fingerprint density at radius 2 is 2.16 bits per heavy atom. The van der Waals surface area contributed by atoms with E-state index in [1.807, 2.05) is 13.8 Å². The lowest BCUT2D eigenvalue weighted by Crippen LogP contribution is -2.29. The minimum atomic E-state index is -3.80. The highest BCUT2D eigenvalue weighted by Gasteiger charge is 2.17. The fourth-order valence-electron chi connectivity index (χ4n) is 1.56. The molecule has 0 spiro atoms. The van der Waals surface area contributed by atoms with Crippen LogP contribution in [0.15, 0.2) is 17.2 Å². The zero-order chi connectivity index (χ0) is 14.5. The van der Waals surface area contributed by atoms with Crippen LogP contribution in [0.3, 0.4) is 0 Å². The van der Waals surface area contributed by atoms with Crippen molar-refractivity contribution in [2.45, 2.75) is 25.3 Å². The molecule has 0 unspecified atom stereocenters. The van der Waals surface area contributed by atoms with Crippen LogP contribution in [0.4, 0.5) is 0 Å². The normalized spacial score (nSPS) is 11.5. The molecule has 1 aromatic heterocycles. The molecule has 1 heterocycles.